The molecule has 122 valence electrons. The fourth-order valence-corrected chi connectivity index (χ4v) is 2.48. The molecule has 0 aliphatic heterocycles. The van der Waals surface area contributed by atoms with Gasteiger partial charge in [-0.15, -0.1) is 0 Å². The highest BCUT2D eigenvalue weighted by Crippen LogP contribution is 2.20. The quantitative estimate of drug-likeness (QED) is 0.671. The number of aromatic amines is 1. The van der Waals surface area contributed by atoms with E-state index in [0.717, 1.165) is 15.6 Å². The van der Waals surface area contributed by atoms with Crippen molar-refractivity contribution < 1.29 is 14.3 Å². The van der Waals surface area contributed by atoms with E-state index in [9.17, 15) is 9.59 Å². The number of para-hydroxylation sites is 1. The molecule has 0 aliphatic carbocycles. The first-order valence-electron chi connectivity index (χ1n) is 7.21. The van der Waals surface area contributed by atoms with Crippen molar-refractivity contribution in [2.24, 2.45) is 0 Å². The summed E-state index contributed by atoms with van der Waals surface area (Å²) in [4.78, 5) is 24.0. The lowest BCUT2D eigenvalue weighted by atomic mass is 10.2. The van der Waals surface area contributed by atoms with Crippen molar-refractivity contribution in [2.45, 2.75) is 6.92 Å². The lowest BCUT2D eigenvalue weighted by Crippen LogP contribution is -2.21. The molecule has 0 spiro atoms. The number of H-pyrrole nitrogens is 1. The van der Waals surface area contributed by atoms with Gasteiger partial charge in [0.05, 0.1) is 5.52 Å². The Morgan fingerprint density at radius 2 is 2.04 bits per heavy atom. The Hall–Kier alpha value is -2.67. The van der Waals surface area contributed by atoms with Gasteiger partial charge in [-0.05, 0) is 36.8 Å². The normalized spacial score (nSPS) is 10.6. The van der Waals surface area contributed by atoms with Gasteiger partial charge in [-0.1, -0.05) is 34.1 Å². The number of nitrogens with one attached hydrogen (secondary N) is 2. The lowest BCUT2D eigenvalue weighted by molar-refractivity contribution is -0.119. The first kappa shape index (κ1) is 16.2. The molecule has 1 amide bonds. The van der Waals surface area contributed by atoms with Crippen LogP contribution in [0.4, 0.5) is 5.69 Å². The summed E-state index contributed by atoms with van der Waals surface area (Å²) in [5.74, 6) is -1.06. The van der Waals surface area contributed by atoms with Crippen molar-refractivity contribution >= 4 is 44.4 Å². The second-order valence-electron chi connectivity index (χ2n) is 5.21. The third kappa shape index (κ3) is 3.46. The number of carbonyl (C=O) groups excluding carboxylic acids is 2. The number of nitrogens with zero attached hydrogens (tertiary/aromatic N) is 1. The van der Waals surface area contributed by atoms with Gasteiger partial charge in [0.15, 0.2) is 12.3 Å². The minimum absolute atomic E-state index is 0.165. The van der Waals surface area contributed by atoms with Crippen LogP contribution in [0, 0.1) is 6.92 Å². The van der Waals surface area contributed by atoms with Crippen LogP contribution >= 0.6 is 15.9 Å². The van der Waals surface area contributed by atoms with E-state index in [-0.39, 0.29) is 12.3 Å². The van der Waals surface area contributed by atoms with Crippen molar-refractivity contribution in [3.05, 3.63) is 58.2 Å². The summed E-state index contributed by atoms with van der Waals surface area (Å²) in [5.41, 5.74) is 2.53. The van der Waals surface area contributed by atoms with Gasteiger partial charge >= 0.3 is 5.97 Å². The Morgan fingerprint density at radius 1 is 1.25 bits per heavy atom. The smallest absolute Gasteiger partial charge is 0.359 e. The molecule has 0 bridgehead atoms. The summed E-state index contributed by atoms with van der Waals surface area (Å²) in [5, 5.41) is 10.0. The fourth-order valence-electron chi connectivity index (χ4n) is 2.24. The summed E-state index contributed by atoms with van der Waals surface area (Å²) < 4.78 is 6.00. The molecule has 3 aromatic rings. The molecule has 6 nitrogen and oxygen atoms in total. The summed E-state index contributed by atoms with van der Waals surface area (Å²) in [6.45, 7) is 1.54. The number of halogens is 1. The number of ether oxygens (including phenoxy) is 1. The van der Waals surface area contributed by atoms with Crippen LogP contribution in [0.25, 0.3) is 10.9 Å². The minimum Gasteiger partial charge on any atom is -0.451 e. The lowest BCUT2D eigenvalue weighted by Gasteiger charge is -2.07. The topological polar surface area (TPSA) is 84.1 Å². The third-order valence-electron chi connectivity index (χ3n) is 3.44. The van der Waals surface area contributed by atoms with Crippen LogP contribution in [0.15, 0.2) is 46.9 Å². The van der Waals surface area contributed by atoms with Crippen molar-refractivity contribution in [1.82, 2.24) is 10.2 Å². The molecular formula is C17H14BrN3O3. The zero-order chi connectivity index (χ0) is 17.1. The van der Waals surface area contributed by atoms with Crippen molar-refractivity contribution in [2.75, 3.05) is 11.9 Å². The predicted octanol–water partition coefficient (Wildman–Crippen LogP) is 3.43. The maximum absolute atomic E-state index is 12.1. The molecular weight excluding hydrogens is 374 g/mol. The number of rotatable bonds is 4. The maximum atomic E-state index is 12.1. The standard InChI is InChI=1S/C17H14BrN3O3/c1-10-8-11(6-7-13(10)18)19-15(22)9-24-17(23)16-12-4-2-3-5-14(12)20-21-16/h2-8H,9H2,1H3,(H,19,22)(H,20,21). The molecule has 7 heteroatoms. The van der Waals surface area contributed by atoms with E-state index < -0.39 is 11.9 Å². The first-order chi connectivity index (χ1) is 11.5. The van der Waals surface area contributed by atoms with E-state index in [1.807, 2.05) is 31.2 Å². The first-order valence-corrected chi connectivity index (χ1v) is 8.00. The third-order valence-corrected chi connectivity index (χ3v) is 4.33. The van der Waals surface area contributed by atoms with Gasteiger partial charge in [-0.25, -0.2) is 4.79 Å². The van der Waals surface area contributed by atoms with Crippen LogP contribution in [0.3, 0.4) is 0 Å². The van der Waals surface area contributed by atoms with E-state index in [1.54, 1.807) is 18.2 Å². The molecule has 0 fully saturated rings. The number of hydrogen-bond acceptors (Lipinski definition) is 4. The zero-order valence-corrected chi connectivity index (χ0v) is 14.4. The largest absolute Gasteiger partial charge is 0.451 e. The molecule has 0 radical (unpaired) electrons. The molecule has 3 rings (SSSR count). The Labute approximate surface area is 146 Å². The van der Waals surface area contributed by atoms with Gasteiger partial charge in [-0.3, -0.25) is 9.89 Å². The van der Waals surface area contributed by atoms with Gasteiger partial charge in [0, 0.05) is 15.5 Å². The molecule has 0 unspecified atom stereocenters. The van der Waals surface area contributed by atoms with Crippen LogP contribution < -0.4 is 5.32 Å². The van der Waals surface area contributed by atoms with Gasteiger partial charge < -0.3 is 10.1 Å². The molecule has 2 N–H and O–H groups in total. The monoisotopic (exact) mass is 387 g/mol. The number of aryl methyl sites for hydroxylation is 1. The predicted molar refractivity (Wildman–Crippen MR) is 93.9 cm³/mol. The van der Waals surface area contributed by atoms with Crippen LogP contribution in [0.1, 0.15) is 16.1 Å². The molecule has 0 atom stereocenters. The van der Waals surface area contributed by atoms with E-state index >= 15 is 0 Å². The van der Waals surface area contributed by atoms with Crippen molar-refractivity contribution in [1.29, 1.82) is 0 Å². The summed E-state index contributed by atoms with van der Waals surface area (Å²) in [6, 6.07) is 12.6. The highest BCUT2D eigenvalue weighted by atomic mass is 79.9. The number of aromatic nitrogens is 2. The second-order valence-corrected chi connectivity index (χ2v) is 6.06. The molecule has 0 saturated carbocycles. The number of benzene rings is 2. The van der Waals surface area contributed by atoms with E-state index in [2.05, 4.69) is 31.4 Å². The molecule has 0 saturated heterocycles. The minimum atomic E-state index is -0.644. The number of carbonyl (C=O) groups is 2. The van der Waals surface area contributed by atoms with Crippen molar-refractivity contribution in [3.8, 4) is 0 Å². The fraction of sp³-hybridized carbons (Fsp3) is 0.118. The van der Waals surface area contributed by atoms with E-state index in [1.165, 1.54) is 0 Å². The van der Waals surface area contributed by atoms with Gasteiger partial charge in [0.1, 0.15) is 0 Å². The van der Waals surface area contributed by atoms with E-state index in [0.29, 0.717) is 11.1 Å². The number of amides is 1. The average molecular weight is 388 g/mol. The number of esters is 1. The number of hydrogen-bond donors (Lipinski definition) is 2. The van der Waals surface area contributed by atoms with Gasteiger partial charge in [0.2, 0.25) is 0 Å². The van der Waals surface area contributed by atoms with Gasteiger partial charge in [-0.2, -0.15) is 5.10 Å². The molecule has 0 aliphatic rings. The highest BCUT2D eigenvalue weighted by molar-refractivity contribution is 9.10. The SMILES string of the molecule is Cc1cc(NC(=O)COC(=O)c2n[nH]c3ccccc23)ccc1Br. The maximum Gasteiger partial charge on any atom is 0.359 e. The Kier molecular flexibility index (Phi) is 4.61. The van der Waals surface area contributed by atoms with Crippen LogP contribution in [0.5, 0.6) is 0 Å². The van der Waals surface area contributed by atoms with Crippen LogP contribution in [-0.4, -0.2) is 28.7 Å². The summed E-state index contributed by atoms with van der Waals surface area (Å²) in [7, 11) is 0. The Morgan fingerprint density at radius 3 is 2.83 bits per heavy atom. The number of anilines is 1. The number of fused-ring (bicyclic) bond motifs is 1. The van der Waals surface area contributed by atoms with E-state index in [4.69, 9.17) is 4.74 Å². The molecule has 2 aromatic carbocycles. The Balaban J connectivity index is 1.61. The summed E-state index contributed by atoms with van der Waals surface area (Å²) >= 11 is 3.40. The molecule has 1 aromatic heterocycles. The van der Waals surface area contributed by atoms with Crippen LogP contribution in [-0.2, 0) is 9.53 Å². The average Bonchev–Trinajstić information content (AvgIpc) is 3.00. The molecule has 24 heavy (non-hydrogen) atoms. The highest BCUT2D eigenvalue weighted by Gasteiger charge is 2.16. The van der Waals surface area contributed by atoms with Crippen molar-refractivity contribution in [3.63, 3.8) is 0 Å². The Bertz CT molecular complexity index is 920. The van der Waals surface area contributed by atoms with Crippen LogP contribution in [0.2, 0.25) is 0 Å². The summed E-state index contributed by atoms with van der Waals surface area (Å²) in [6.07, 6.45) is 0. The zero-order valence-electron chi connectivity index (χ0n) is 12.8. The molecule has 1 heterocycles. The second kappa shape index (κ2) is 6.84. The van der Waals surface area contributed by atoms with Gasteiger partial charge in [0.25, 0.3) is 5.91 Å².